The maximum atomic E-state index is 14.0. The van der Waals surface area contributed by atoms with Gasteiger partial charge in [-0.2, -0.15) is 0 Å². The van der Waals surface area contributed by atoms with E-state index in [1.54, 1.807) is 0 Å². The van der Waals surface area contributed by atoms with Crippen molar-refractivity contribution >= 4 is 17.9 Å². The highest BCUT2D eigenvalue weighted by Crippen LogP contribution is 2.40. The maximum absolute atomic E-state index is 14.0. The summed E-state index contributed by atoms with van der Waals surface area (Å²) in [6, 6.07) is 19.9. The maximum Gasteiger partial charge on any atom is 0.204 e. The fourth-order valence-corrected chi connectivity index (χ4v) is 5.51. The molecule has 0 fully saturated rings. The fourth-order valence-electron chi connectivity index (χ4n) is 2.96. The van der Waals surface area contributed by atoms with E-state index in [1.807, 2.05) is 66.7 Å². The second-order valence-electron chi connectivity index (χ2n) is 6.11. The molecule has 1 atom stereocenters. The number of unbranched alkanes of at least 4 members (excludes halogenated alkanes) is 1. The average Bonchev–Trinajstić information content (AvgIpc) is 2.63. The Morgan fingerprint density at radius 2 is 1.54 bits per heavy atom. The smallest absolute Gasteiger partial charge is 0.204 e. The van der Waals surface area contributed by atoms with Crippen molar-refractivity contribution in [3.8, 4) is 0 Å². The number of allylic oxidation sites excluding steroid dienone is 1. The third-order valence-electron chi connectivity index (χ3n) is 4.20. The molecule has 2 aromatic carbocycles. The van der Waals surface area contributed by atoms with E-state index in [4.69, 9.17) is 0 Å². The van der Waals surface area contributed by atoms with Gasteiger partial charge < -0.3 is 0 Å². The molecule has 3 heteroatoms. The van der Waals surface area contributed by atoms with Crippen LogP contribution in [0.2, 0.25) is 0 Å². The van der Waals surface area contributed by atoms with Crippen LogP contribution in [0.3, 0.4) is 0 Å². The average molecular weight is 341 g/mol. The Bertz CT molecular complexity index is 611. The zero-order chi connectivity index (χ0) is 17.3. The van der Waals surface area contributed by atoms with E-state index in [2.05, 4.69) is 18.6 Å². The predicted molar refractivity (Wildman–Crippen MR) is 106 cm³/mol. The van der Waals surface area contributed by atoms with Gasteiger partial charge in [-0.3, -0.25) is 9.65 Å². The Labute approximate surface area is 146 Å². The summed E-state index contributed by atoms with van der Waals surface area (Å²) in [5.41, 5.74) is 0. The monoisotopic (exact) mass is 341 g/mol. The Kier molecular flexibility index (Phi) is 7.49. The second kappa shape index (κ2) is 9.61. The van der Waals surface area contributed by atoms with Gasteiger partial charge >= 0.3 is 0 Å². The Balaban J connectivity index is 2.32. The zero-order valence-electron chi connectivity index (χ0n) is 14.5. The summed E-state index contributed by atoms with van der Waals surface area (Å²) in [5.74, 6) is 0. The van der Waals surface area contributed by atoms with Gasteiger partial charge in [-0.05, 0) is 49.9 Å². The lowest BCUT2D eigenvalue weighted by molar-refractivity contribution is 0.493. The van der Waals surface area contributed by atoms with Gasteiger partial charge in [0.1, 0.15) is 0 Å². The van der Waals surface area contributed by atoms with Gasteiger partial charge in [-0.25, -0.2) is 0 Å². The second-order valence-corrected chi connectivity index (χ2v) is 8.62. The largest absolute Gasteiger partial charge is 0.297 e. The Hall–Kier alpha value is -1.63. The summed E-state index contributed by atoms with van der Waals surface area (Å²) >= 11 is 0. The molecule has 0 radical (unpaired) electrons. The van der Waals surface area contributed by atoms with E-state index in [0.29, 0.717) is 0 Å². The standard InChI is InChI=1S/C21H28NOP/c1-3-5-8-14-19(13-4-2)22-24(23,20-15-9-6-10-16-20)21-17-11-7-12-18-21/h3,6-7,9-12,15-19H,1,4-5,8,13-14H2,2H3,(H,22,23)/t19-/m1/s1. The molecule has 128 valence electrons. The van der Waals surface area contributed by atoms with E-state index in [1.165, 1.54) is 0 Å². The van der Waals surface area contributed by atoms with E-state index >= 15 is 0 Å². The van der Waals surface area contributed by atoms with E-state index in [0.717, 1.165) is 42.7 Å². The van der Waals surface area contributed by atoms with Gasteiger partial charge in [0.05, 0.1) is 0 Å². The minimum Gasteiger partial charge on any atom is -0.297 e. The number of hydrogen-bond acceptors (Lipinski definition) is 1. The highest BCUT2D eigenvalue weighted by molar-refractivity contribution is 7.76. The first-order valence-electron chi connectivity index (χ1n) is 8.80. The number of rotatable bonds is 10. The fraction of sp³-hybridized carbons (Fsp3) is 0.333. The molecule has 0 heterocycles. The molecule has 0 aliphatic rings. The van der Waals surface area contributed by atoms with E-state index in [9.17, 15) is 4.57 Å². The molecule has 0 saturated carbocycles. The lowest BCUT2D eigenvalue weighted by Crippen LogP contribution is -2.35. The highest BCUT2D eigenvalue weighted by Gasteiger charge is 2.29. The van der Waals surface area contributed by atoms with E-state index < -0.39 is 7.29 Å². The highest BCUT2D eigenvalue weighted by atomic mass is 31.2. The molecule has 2 aromatic rings. The molecule has 0 spiro atoms. The molecule has 2 nitrogen and oxygen atoms in total. The predicted octanol–water partition coefficient (Wildman–Crippen LogP) is 5.03. The lowest BCUT2D eigenvalue weighted by Gasteiger charge is -2.27. The molecular formula is C21H28NOP. The summed E-state index contributed by atoms with van der Waals surface area (Å²) < 4.78 is 14.0. The summed E-state index contributed by atoms with van der Waals surface area (Å²) in [4.78, 5) is 0. The Morgan fingerprint density at radius 3 is 2.00 bits per heavy atom. The number of hydrogen-bond donors (Lipinski definition) is 1. The van der Waals surface area contributed by atoms with Gasteiger partial charge in [0.25, 0.3) is 0 Å². The third-order valence-corrected chi connectivity index (χ3v) is 6.98. The van der Waals surface area contributed by atoms with Crippen molar-refractivity contribution in [1.82, 2.24) is 5.09 Å². The topological polar surface area (TPSA) is 29.1 Å². The molecule has 1 N–H and O–H groups in total. The minimum atomic E-state index is -2.83. The van der Waals surface area contributed by atoms with Crippen LogP contribution in [0.5, 0.6) is 0 Å². The van der Waals surface area contributed by atoms with Crippen LogP contribution in [0.4, 0.5) is 0 Å². The molecule has 0 aliphatic heterocycles. The number of nitrogens with one attached hydrogen (secondary N) is 1. The quantitative estimate of drug-likeness (QED) is 0.373. The normalized spacial score (nSPS) is 12.7. The van der Waals surface area contributed by atoms with Crippen molar-refractivity contribution in [2.75, 3.05) is 0 Å². The van der Waals surface area contributed by atoms with Crippen LogP contribution in [0, 0.1) is 0 Å². The van der Waals surface area contributed by atoms with Crippen LogP contribution >= 0.6 is 7.29 Å². The molecular weight excluding hydrogens is 313 g/mol. The van der Waals surface area contributed by atoms with Crippen molar-refractivity contribution in [2.45, 2.75) is 45.1 Å². The first-order chi connectivity index (χ1) is 11.7. The van der Waals surface area contributed by atoms with Gasteiger partial charge in [-0.15, -0.1) is 6.58 Å². The summed E-state index contributed by atoms with van der Waals surface area (Å²) in [7, 11) is -2.83. The lowest BCUT2D eigenvalue weighted by atomic mass is 10.1. The van der Waals surface area contributed by atoms with Gasteiger partial charge in [0.15, 0.2) is 0 Å². The van der Waals surface area contributed by atoms with Gasteiger partial charge in [-0.1, -0.05) is 55.8 Å². The van der Waals surface area contributed by atoms with Crippen molar-refractivity contribution in [2.24, 2.45) is 0 Å². The van der Waals surface area contributed by atoms with Gasteiger partial charge in [0, 0.05) is 16.7 Å². The minimum absolute atomic E-state index is 0.251. The molecule has 2 rings (SSSR count). The zero-order valence-corrected chi connectivity index (χ0v) is 15.4. The molecule has 0 bridgehead atoms. The van der Waals surface area contributed by atoms with Gasteiger partial charge in [0.2, 0.25) is 7.29 Å². The van der Waals surface area contributed by atoms with Crippen LogP contribution in [-0.2, 0) is 4.57 Å². The Morgan fingerprint density at radius 1 is 1.00 bits per heavy atom. The van der Waals surface area contributed by atoms with Crippen LogP contribution < -0.4 is 15.7 Å². The molecule has 0 aliphatic carbocycles. The van der Waals surface area contributed by atoms with Crippen LogP contribution in [0.1, 0.15) is 39.0 Å². The first kappa shape index (κ1) is 18.7. The molecule has 0 amide bonds. The molecule has 0 aromatic heterocycles. The van der Waals surface area contributed by atoms with Crippen molar-refractivity contribution in [3.05, 3.63) is 73.3 Å². The first-order valence-corrected chi connectivity index (χ1v) is 10.5. The number of benzene rings is 2. The van der Waals surface area contributed by atoms with Crippen molar-refractivity contribution in [1.29, 1.82) is 0 Å². The van der Waals surface area contributed by atoms with Crippen molar-refractivity contribution in [3.63, 3.8) is 0 Å². The van der Waals surface area contributed by atoms with Crippen LogP contribution in [0.25, 0.3) is 0 Å². The summed E-state index contributed by atoms with van der Waals surface area (Å²) in [5, 5.41) is 5.30. The van der Waals surface area contributed by atoms with E-state index in [-0.39, 0.29) is 6.04 Å². The molecule has 0 unspecified atom stereocenters. The summed E-state index contributed by atoms with van der Waals surface area (Å²) in [6.45, 7) is 5.98. The molecule has 24 heavy (non-hydrogen) atoms. The SMILES string of the molecule is C=CCCC[C@@H](CCC)NP(=O)(c1ccccc1)c1ccccc1. The molecule has 0 saturated heterocycles. The summed E-state index contributed by atoms with van der Waals surface area (Å²) in [6.07, 6.45) is 7.16. The third kappa shape index (κ3) is 4.93. The van der Waals surface area contributed by atoms with Crippen LogP contribution in [0.15, 0.2) is 73.3 Å². The van der Waals surface area contributed by atoms with Crippen molar-refractivity contribution < 1.29 is 4.57 Å². The van der Waals surface area contributed by atoms with Crippen LogP contribution in [-0.4, -0.2) is 6.04 Å².